The Balaban J connectivity index is 1.80. The van der Waals surface area contributed by atoms with E-state index in [0.29, 0.717) is 26.6 Å². The van der Waals surface area contributed by atoms with E-state index in [1.165, 1.54) is 11.8 Å². The molecular formula is C16H11Cl2N3OS. The molecule has 0 atom stereocenters. The van der Waals surface area contributed by atoms with Gasteiger partial charge >= 0.3 is 0 Å². The number of rotatable bonds is 4. The van der Waals surface area contributed by atoms with Gasteiger partial charge in [0.2, 0.25) is 0 Å². The van der Waals surface area contributed by atoms with Crippen LogP contribution in [-0.2, 0) is 5.75 Å². The number of hydrogen-bond acceptors (Lipinski definition) is 4. The van der Waals surface area contributed by atoms with E-state index < -0.39 is 0 Å². The number of thioether (sulfide) groups is 1. The third-order valence-corrected chi connectivity index (χ3v) is 4.74. The van der Waals surface area contributed by atoms with Crippen molar-refractivity contribution in [3.63, 3.8) is 0 Å². The Bertz CT molecular complexity index is 864. The summed E-state index contributed by atoms with van der Waals surface area (Å²) in [7, 11) is 0. The predicted molar refractivity (Wildman–Crippen MR) is 94.1 cm³/mol. The molecular weight excluding hydrogens is 353 g/mol. The summed E-state index contributed by atoms with van der Waals surface area (Å²) in [4.78, 5) is 14.9. The summed E-state index contributed by atoms with van der Waals surface area (Å²) in [5.41, 5.74) is 1.55. The monoisotopic (exact) mass is 363 g/mol. The van der Waals surface area contributed by atoms with Crippen molar-refractivity contribution < 1.29 is 0 Å². The predicted octanol–water partition coefficient (Wildman–Crippen LogP) is 4.43. The highest BCUT2D eigenvalue weighted by atomic mass is 35.5. The molecule has 0 aliphatic carbocycles. The summed E-state index contributed by atoms with van der Waals surface area (Å²) in [5, 5.41) is 9.68. The van der Waals surface area contributed by atoms with Crippen LogP contribution in [0.4, 0.5) is 0 Å². The molecule has 116 valence electrons. The first kappa shape index (κ1) is 16.1. The Morgan fingerprint density at radius 2 is 1.65 bits per heavy atom. The molecule has 0 saturated carbocycles. The Labute approximate surface area is 146 Å². The zero-order chi connectivity index (χ0) is 16.2. The number of aromatic amines is 1. The highest BCUT2D eigenvalue weighted by molar-refractivity contribution is 7.98. The summed E-state index contributed by atoms with van der Waals surface area (Å²) in [5.74, 6) is 0.494. The molecule has 3 rings (SSSR count). The van der Waals surface area contributed by atoms with Crippen LogP contribution in [0, 0.1) is 0 Å². The molecule has 7 heteroatoms. The van der Waals surface area contributed by atoms with Crippen molar-refractivity contribution in [2.24, 2.45) is 0 Å². The number of H-pyrrole nitrogens is 1. The molecule has 1 heterocycles. The van der Waals surface area contributed by atoms with E-state index in [4.69, 9.17) is 23.2 Å². The van der Waals surface area contributed by atoms with Crippen LogP contribution in [0.2, 0.25) is 10.0 Å². The first-order valence-corrected chi connectivity index (χ1v) is 8.47. The Morgan fingerprint density at radius 3 is 2.30 bits per heavy atom. The van der Waals surface area contributed by atoms with E-state index in [0.717, 1.165) is 11.1 Å². The van der Waals surface area contributed by atoms with Gasteiger partial charge in [-0.1, -0.05) is 71.4 Å². The molecule has 0 spiro atoms. The molecule has 23 heavy (non-hydrogen) atoms. The minimum atomic E-state index is -0.279. The topological polar surface area (TPSA) is 58.6 Å². The molecule has 1 N–H and O–H groups in total. The van der Waals surface area contributed by atoms with Gasteiger partial charge in [0.25, 0.3) is 5.56 Å². The summed E-state index contributed by atoms with van der Waals surface area (Å²) in [6, 6.07) is 14.5. The van der Waals surface area contributed by atoms with E-state index in [-0.39, 0.29) is 5.56 Å². The highest BCUT2D eigenvalue weighted by Gasteiger charge is 2.10. The van der Waals surface area contributed by atoms with Gasteiger partial charge in [-0.05, 0) is 17.7 Å². The van der Waals surface area contributed by atoms with Crippen LogP contribution in [0.25, 0.3) is 11.3 Å². The second kappa shape index (κ2) is 7.17. The zero-order valence-electron chi connectivity index (χ0n) is 11.8. The van der Waals surface area contributed by atoms with Crippen LogP contribution >= 0.6 is 35.0 Å². The molecule has 2 aromatic carbocycles. The van der Waals surface area contributed by atoms with Crippen molar-refractivity contribution in [2.75, 3.05) is 0 Å². The fraction of sp³-hybridized carbons (Fsp3) is 0.0625. The zero-order valence-corrected chi connectivity index (χ0v) is 14.1. The second-order valence-corrected chi connectivity index (χ2v) is 6.44. The van der Waals surface area contributed by atoms with Gasteiger partial charge in [0.05, 0.1) is 0 Å². The first-order chi connectivity index (χ1) is 11.1. The number of halogens is 2. The highest BCUT2D eigenvalue weighted by Crippen LogP contribution is 2.29. The molecule has 0 aliphatic heterocycles. The fourth-order valence-electron chi connectivity index (χ4n) is 1.98. The Morgan fingerprint density at radius 1 is 0.957 bits per heavy atom. The molecule has 0 fully saturated rings. The molecule has 4 nitrogen and oxygen atoms in total. The first-order valence-electron chi connectivity index (χ1n) is 6.73. The minimum absolute atomic E-state index is 0.279. The van der Waals surface area contributed by atoms with E-state index in [2.05, 4.69) is 15.2 Å². The lowest BCUT2D eigenvalue weighted by atomic mass is 10.2. The lowest BCUT2D eigenvalue weighted by molar-refractivity contribution is 0.824. The van der Waals surface area contributed by atoms with Crippen LogP contribution in [0.5, 0.6) is 0 Å². The van der Waals surface area contributed by atoms with Gasteiger partial charge in [-0.15, -0.1) is 10.2 Å². The van der Waals surface area contributed by atoms with Gasteiger partial charge in [-0.3, -0.25) is 9.78 Å². The lowest BCUT2D eigenvalue weighted by Crippen LogP contribution is -2.14. The van der Waals surface area contributed by atoms with Crippen LogP contribution in [-0.4, -0.2) is 15.2 Å². The van der Waals surface area contributed by atoms with Crippen LogP contribution < -0.4 is 5.56 Å². The van der Waals surface area contributed by atoms with Gasteiger partial charge in [0.1, 0.15) is 0 Å². The van der Waals surface area contributed by atoms with Gasteiger partial charge in [0, 0.05) is 21.4 Å². The molecule has 0 saturated heterocycles. The fourth-order valence-corrected chi connectivity index (χ4v) is 3.53. The number of hydrogen-bond donors (Lipinski definition) is 1. The van der Waals surface area contributed by atoms with Crippen LogP contribution in [0.1, 0.15) is 5.56 Å². The van der Waals surface area contributed by atoms with Gasteiger partial charge < -0.3 is 0 Å². The molecule has 0 aliphatic rings. The molecule has 0 unspecified atom stereocenters. The van der Waals surface area contributed by atoms with Gasteiger partial charge in [0.15, 0.2) is 10.9 Å². The van der Waals surface area contributed by atoms with Gasteiger partial charge in [-0.2, -0.15) is 0 Å². The molecule has 3 aromatic rings. The Hall–Kier alpha value is -1.82. The minimum Gasteiger partial charge on any atom is -0.298 e. The van der Waals surface area contributed by atoms with E-state index in [1.54, 1.807) is 18.2 Å². The van der Waals surface area contributed by atoms with Crippen molar-refractivity contribution >= 4 is 35.0 Å². The average Bonchev–Trinajstić information content (AvgIpc) is 2.55. The molecule has 0 amide bonds. The number of benzene rings is 2. The van der Waals surface area contributed by atoms with Crippen molar-refractivity contribution in [2.45, 2.75) is 10.9 Å². The number of nitrogens with one attached hydrogen (secondary N) is 1. The summed E-state index contributed by atoms with van der Waals surface area (Å²) in [6.45, 7) is 0. The maximum atomic E-state index is 12.2. The third kappa shape index (κ3) is 3.75. The summed E-state index contributed by atoms with van der Waals surface area (Å²) >= 11 is 13.6. The molecule has 0 bridgehead atoms. The summed E-state index contributed by atoms with van der Waals surface area (Å²) in [6.07, 6.45) is 0. The van der Waals surface area contributed by atoms with E-state index in [1.807, 2.05) is 30.3 Å². The average molecular weight is 364 g/mol. The maximum Gasteiger partial charge on any atom is 0.278 e. The summed E-state index contributed by atoms with van der Waals surface area (Å²) < 4.78 is 0. The number of aromatic nitrogens is 3. The lowest BCUT2D eigenvalue weighted by Gasteiger charge is -2.06. The second-order valence-electron chi connectivity index (χ2n) is 4.66. The Kier molecular flexibility index (Phi) is 5.00. The smallest absolute Gasteiger partial charge is 0.278 e. The van der Waals surface area contributed by atoms with E-state index >= 15 is 0 Å². The van der Waals surface area contributed by atoms with Crippen molar-refractivity contribution in [1.82, 2.24) is 15.2 Å². The number of nitrogens with zero attached hydrogens (tertiary/aromatic N) is 2. The van der Waals surface area contributed by atoms with Crippen molar-refractivity contribution in [1.29, 1.82) is 0 Å². The largest absolute Gasteiger partial charge is 0.298 e. The molecule has 0 radical (unpaired) electrons. The van der Waals surface area contributed by atoms with Crippen LogP contribution in [0.15, 0.2) is 58.5 Å². The van der Waals surface area contributed by atoms with Crippen LogP contribution in [0.3, 0.4) is 0 Å². The maximum absolute atomic E-state index is 12.2. The van der Waals surface area contributed by atoms with Crippen molar-refractivity contribution in [3.8, 4) is 11.3 Å². The SMILES string of the molecule is O=c1[nH]c(SCc2c(Cl)cccc2Cl)nnc1-c1ccccc1. The standard InChI is InChI=1S/C16H11Cl2N3OS/c17-12-7-4-8-13(18)11(12)9-23-16-19-15(22)14(20-21-16)10-5-2-1-3-6-10/h1-8H,9H2,(H,19,21,22). The van der Waals surface area contributed by atoms with Gasteiger partial charge in [-0.25, -0.2) is 0 Å². The third-order valence-electron chi connectivity index (χ3n) is 3.14. The van der Waals surface area contributed by atoms with E-state index in [9.17, 15) is 4.79 Å². The normalized spacial score (nSPS) is 10.7. The molecule has 1 aromatic heterocycles. The van der Waals surface area contributed by atoms with Crippen molar-refractivity contribution in [3.05, 3.63) is 74.5 Å². The quantitative estimate of drug-likeness (QED) is 0.696.